The molecule has 0 saturated carbocycles. The first-order valence-corrected chi connectivity index (χ1v) is 5.24. The molecule has 1 rings (SSSR count). The molecule has 1 atom stereocenters. The second kappa shape index (κ2) is 5.25. The van der Waals surface area contributed by atoms with E-state index in [2.05, 4.69) is 0 Å². The molecule has 1 N–H and O–H groups in total. The Hall–Kier alpha value is -0.540. The molecule has 0 aliphatic carbocycles. The zero-order chi connectivity index (χ0) is 9.68. The summed E-state index contributed by atoms with van der Waals surface area (Å²) in [6, 6.07) is 7.27. The molecule has 1 unspecified atom stereocenters. The van der Waals surface area contributed by atoms with E-state index in [1.807, 2.05) is 19.1 Å². The fourth-order valence-electron chi connectivity index (χ4n) is 1.12. The molecular weight excluding hydrogens is 187 g/mol. The van der Waals surface area contributed by atoms with E-state index in [1.165, 1.54) is 0 Å². The van der Waals surface area contributed by atoms with Gasteiger partial charge in [-0.15, -0.1) is 11.8 Å². The summed E-state index contributed by atoms with van der Waals surface area (Å²) in [4.78, 5) is 0.923. The largest absolute Gasteiger partial charge is 0.393 e. The highest BCUT2D eigenvalue weighted by Crippen LogP contribution is 2.28. The number of alkyl halides is 1. The van der Waals surface area contributed by atoms with Crippen LogP contribution in [0.5, 0.6) is 0 Å². The van der Waals surface area contributed by atoms with Crippen molar-refractivity contribution in [2.45, 2.75) is 18.0 Å². The highest BCUT2D eigenvalue weighted by molar-refractivity contribution is 7.99. The maximum absolute atomic E-state index is 13.2. The van der Waals surface area contributed by atoms with Crippen molar-refractivity contribution in [1.82, 2.24) is 0 Å². The summed E-state index contributed by atoms with van der Waals surface area (Å²) < 4.78 is 13.2. The van der Waals surface area contributed by atoms with E-state index in [9.17, 15) is 4.39 Å². The van der Waals surface area contributed by atoms with Crippen LogP contribution in [0.2, 0.25) is 0 Å². The molecule has 1 nitrogen and oxygen atoms in total. The Bertz CT molecular complexity index is 265. The van der Waals surface area contributed by atoms with Crippen LogP contribution in [0.3, 0.4) is 0 Å². The molecule has 0 fully saturated rings. The van der Waals surface area contributed by atoms with Gasteiger partial charge in [0.25, 0.3) is 0 Å². The Morgan fingerprint density at radius 2 is 2.15 bits per heavy atom. The predicted octanol–water partition coefficient (Wildman–Crippen LogP) is 2.80. The molecule has 1 aromatic carbocycles. The van der Waals surface area contributed by atoms with Crippen LogP contribution < -0.4 is 0 Å². The van der Waals surface area contributed by atoms with Gasteiger partial charge in [-0.25, -0.2) is 4.39 Å². The molecule has 0 amide bonds. The molecule has 0 aliphatic heterocycles. The molecular formula is C10H13FOS. The molecule has 3 heteroatoms. The van der Waals surface area contributed by atoms with Gasteiger partial charge in [0.15, 0.2) is 0 Å². The topological polar surface area (TPSA) is 20.2 Å². The summed E-state index contributed by atoms with van der Waals surface area (Å²) in [5.41, 5.74) is 0.594. The van der Waals surface area contributed by atoms with Crippen molar-refractivity contribution < 1.29 is 9.50 Å². The average molecular weight is 200 g/mol. The normalized spacial score (nSPS) is 12.8. The number of rotatable bonds is 4. The SMILES string of the molecule is CCSc1ccccc1C(F)CO. The molecule has 1 aromatic rings. The van der Waals surface area contributed by atoms with Crippen molar-refractivity contribution in [2.75, 3.05) is 12.4 Å². The van der Waals surface area contributed by atoms with Gasteiger partial charge in [0.2, 0.25) is 0 Å². The number of hydrogen-bond donors (Lipinski definition) is 1. The fourth-order valence-corrected chi connectivity index (χ4v) is 1.97. The van der Waals surface area contributed by atoms with Gasteiger partial charge in [-0.1, -0.05) is 25.1 Å². The molecule has 0 aliphatic rings. The summed E-state index contributed by atoms with van der Waals surface area (Å²) in [5, 5.41) is 8.70. The van der Waals surface area contributed by atoms with E-state index in [1.54, 1.807) is 23.9 Å². The van der Waals surface area contributed by atoms with Crippen molar-refractivity contribution in [2.24, 2.45) is 0 Å². The van der Waals surface area contributed by atoms with Crippen LogP contribution in [0.1, 0.15) is 18.7 Å². The summed E-state index contributed by atoms with van der Waals surface area (Å²) in [7, 11) is 0. The zero-order valence-corrected chi connectivity index (χ0v) is 8.35. The maximum atomic E-state index is 13.2. The summed E-state index contributed by atoms with van der Waals surface area (Å²) in [6.45, 7) is 1.58. The molecule has 72 valence electrons. The van der Waals surface area contributed by atoms with Crippen LogP contribution in [0, 0.1) is 0 Å². The third-order valence-electron chi connectivity index (χ3n) is 1.72. The highest BCUT2D eigenvalue weighted by atomic mass is 32.2. The van der Waals surface area contributed by atoms with Crippen molar-refractivity contribution in [3.05, 3.63) is 29.8 Å². The molecule has 0 aromatic heterocycles. The van der Waals surface area contributed by atoms with Gasteiger partial charge in [0, 0.05) is 10.5 Å². The minimum absolute atomic E-state index is 0.443. The molecule has 13 heavy (non-hydrogen) atoms. The van der Waals surface area contributed by atoms with Crippen LogP contribution >= 0.6 is 11.8 Å². The van der Waals surface area contributed by atoms with E-state index in [0.717, 1.165) is 10.6 Å². The number of hydrogen-bond acceptors (Lipinski definition) is 2. The third kappa shape index (κ3) is 2.71. The smallest absolute Gasteiger partial charge is 0.149 e. The fraction of sp³-hybridized carbons (Fsp3) is 0.400. The van der Waals surface area contributed by atoms with Crippen LogP contribution in [0.4, 0.5) is 4.39 Å². The highest BCUT2D eigenvalue weighted by Gasteiger charge is 2.11. The van der Waals surface area contributed by atoms with Crippen molar-refractivity contribution in [1.29, 1.82) is 0 Å². The lowest BCUT2D eigenvalue weighted by molar-refractivity contribution is 0.178. The van der Waals surface area contributed by atoms with Crippen LogP contribution in [0.15, 0.2) is 29.2 Å². The standard InChI is InChI=1S/C10H13FOS/c1-2-13-10-6-4-3-5-8(10)9(11)7-12/h3-6,9,12H,2,7H2,1H3. The lowest BCUT2D eigenvalue weighted by Crippen LogP contribution is -1.98. The lowest BCUT2D eigenvalue weighted by atomic mass is 10.1. The first kappa shape index (κ1) is 10.5. The Balaban J connectivity index is 2.90. The minimum Gasteiger partial charge on any atom is -0.393 e. The Labute approximate surface area is 82.0 Å². The van der Waals surface area contributed by atoms with Crippen molar-refractivity contribution in [3.8, 4) is 0 Å². The van der Waals surface area contributed by atoms with Gasteiger partial charge in [-0.3, -0.25) is 0 Å². The van der Waals surface area contributed by atoms with E-state index in [-0.39, 0.29) is 0 Å². The first-order valence-electron chi connectivity index (χ1n) is 4.26. The number of aliphatic hydroxyl groups excluding tert-OH is 1. The second-order valence-electron chi connectivity index (χ2n) is 2.62. The molecule has 0 spiro atoms. The zero-order valence-electron chi connectivity index (χ0n) is 7.53. The predicted molar refractivity (Wildman–Crippen MR) is 53.8 cm³/mol. The van der Waals surface area contributed by atoms with Gasteiger partial charge in [0.05, 0.1) is 6.61 Å². The van der Waals surface area contributed by atoms with Gasteiger partial charge < -0.3 is 5.11 Å². The molecule has 0 bridgehead atoms. The summed E-state index contributed by atoms with van der Waals surface area (Å²) in [6.07, 6.45) is -1.25. The van der Waals surface area contributed by atoms with Crippen molar-refractivity contribution >= 4 is 11.8 Å². The Kier molecular flexibility index (Phi) is 4.25. The van der Waals surface area contributed by atoms with Crippen LogP contribution in [0.25, 0.3) is 0 Å². The molecule has 0 radical (unpaired) electrons. The minimum atomic E-state index is -1.25. The van der Waals surface area contributed by atoms with Gasteiger partial charge >= 0.3 is 0 Å². The van der Waals surface area contributed by atoms with Crippen LogP contribution in [-0.4, -0.2) is 17.5 Å². The van der Waals surface area contributed by atoms with E-state index >= 15 is 0 Å². The Morgan fingerprint density at radius 1 is 1.46 bits per heavy atom. The van der Waals surface area contributed by atoms with Crippen molar-refractivity contribution in [3.63, 3.8) is 0 Å². The van der Waals surface area contributed by atoms with E-state index in [0.29, 0.717) is 5.56 Å². The summed E-state index contributed by atoms with van der Waals surface area (Å²) in [5.74, 6) is 0.912. The van der Waals surface area contributed by atoms with Crippen LogP contribution in [-0.2, 0) is 0 Å². The molecule has 0 saturated heterocycles. The number of halogens is 1. The quantitative estimate of drug-likeness (QED) is 0.754. The number of benzene rings is 1. The summed E-state index contributed by atoms with van der Waals surface area (Å²) >= 11 is 1.59. The second-order valence-corrected chi connectivity index (χ2v) is 3.93. The van der Waals surface area contributed by atoms with E-state index in [4.69, 9.17) is 5.11 Å². The number of thioether (sulfide) groups is 1. The van der Waals surface area contributed by atoms with E-state index < -0.39 is 12.8 Å². The third-order valence-corrected chi connectivity index (χ3v) is 2.69. The first-order chi connectivity index (χ1) is 6.29. The lowest BCUT2D eigenvalue weighted by Gasteiger charge is -2.09. The molecule has 0 heterocycles. The monoisotopic (exact) mass is 200 g/mol. The maximum Gasteiger partial charge on any atom is 0.149 e. The Morgan fingerprint density at radius 3 is 2.77 bits per heavy atom. The van der Waals surface area contributed by atoms with Gasteiger partial charge in [0.1, 0.15) is 6.17 Å². The van der Waals surface area contributed by atoms with Gasteiger partial charge in [-0.05, 0) is 11.8 Å². The average Bonchev–Trinajstić information content (AvgIpc) is 2.18. The van der Waals surface area contributed by atoms with Gasteiger partial charge in [-0.2, -0.15) is 0 Å². The number of aliphatic hydroxyl groups is 1.